The normalized spacial score (nSPS) is 12.4. The van der Waals surface area contributed by atoms with Crippen molar-refractivity contribution in [3.63, 3.8) is 0 Å². The van der Waals surface area contributed by atoms with Crippen molar-refractivity contribution in [2.24, 2.45) is 0 Å². The van der Waals surface area contributed by atoms with E-state index in [0.717, 1.165) is 50.4 Å². The van der Waals surface area contributed by atoms with Gasteiger partial charge in [0.05, 0.1) is 21.1 Å². The van der Waals surface area contributed by atoms with Gasteiger partial charge in [-0.25, -0.2) is 8.42 Å². The average molecular weight is 653 g/mol. The molecule has 0 fully saturated rings. The highest BCUT2D eigenvalue weighted by atomic mass is 32.2. The largest absolute Gasteiger partial charge is 0.743 e. The highest BCUT2D eigenvalue weighted by Crippen LogP contribution is 2.47. The second kappa shape index (κ2) is 15.8. The molecule has 0 N–H and O–H groups in total. The molecule has 0 saturated carbocycles. The highest BCUT2D eigenvalue weighted by molar-refractivity contribution is 7.86. The molecule has 3 aromatic carbocycles. The topological polar surface area (TPSA) is 75.7 Å². The molecule has 0 aliphatic carbocycles. The molecule has 5 nitrogen and oxygen atoms in total. The standard InChI is InChI=1S/C26H31O2P.C4H4F6O3S/c1-3-5-20-27-22-12-16-25(17-13-22)29(24-10-8-7-9-11-24)26-18-14-23(15-19-26)28-21-6-4-2;1-2(5,6)3(7,8)4(9,10)14(11,12)13/h7-19H,3-6,20-21H2,1-2H3;1H3,(H,11,12,13). The van der Waals surface area contributed by atoms with Crippen molar-refractivity contribution in [1.82, 2.24) is 0 Å². The fourth-order valence-electron chi connectivity index (χ4n) is 3.62. The minimum absolute atomic E-state index is 0.619. The maximum absolute atomic E-state index is 12.1. The van der Waals surface area contributed by atoms with Gasteiger partial charge in [-0.05, 0) is 73.5 Å². The van der Waals surface area contributed by atoms with Gasteiger partial charge in [0.1, 0.15) is 27.4 Å². The van der Waals surface area contributed by atoms with E-state index >= 15 is 0 Å². The van der Waals surface area contributed by atoms with Crippen LogP contribution in [0.5, 0.6) is 11.5 Å². The van der Waals surface area contributed by atoms with Gasteiger partial charge in [0.25, 0.3) is 0 Å². The Bertz CT molecular complexity index is 1300. The average Bonchev–Trinajstić information content (AvgIpc) is 2.95. The van der Waals surface area contributed by atoms with Crippen LogP contribution in [0.2, 0.25) is 0 Å². The number of rotatable bonds is 14. The van der Waals surface area contributed by atoms with Crippen LogP contribution in [-0.4, -0.2) is 43.3 Å². The van der Waals surface area contributed by atoms with Gasteiger partial charge in [0.2, 0.25) is 0 Å². The van der Waals surface area contributed by atoms with Crippen LogP contribution in [0.3, 0.4) is 0 Å². The number of alkyl halides is 6. The maximum Gasteiger partial charge on any atom is 0.402 e. The summed E-state index contributed by atoms with van der Waals surface area (Å²) in [6.45, 7) is 5.31. The van der Waals surface area contributed by atoms with E-state index in [4.69, 9.17) is 9.47 Å². The van der Waals surface area contributed by atoms with Gasteiger partial charge in [-0.15, -0.1) is 0 Å². The Kier molecular flexibility index (Phi) is 13.3. The molecule has 0 aliphatic rings. The molecular formula is C30H35F6O5PS. The summed E-state index contributed by atoms with van der Waals surface area (Å²) in [5, 5.41) is -2.23. The number of hydrogen-bond acceptors (Lipinski definition) is 5. The molecule has 0 heterocycles. The zero-order valence-corrected chi connectivity index (χ0v) is 25.8. The number of hydrogen-bond donors (Lipinski definition) is 0. The van der Waals surface area contributed by atoms with Crippen molar-refractivity contribution in [1.29, 1.82) is 0 Å². The van der Waals surface area contributed by atoms with Crippen LogP contribution in [-0.2, 0) is 10.1 Å². The van der Waals surface area contributed by atoms with E-state index in [0.29, 0.717) is 0 Å². The molecule has 0 radical (unpaired) electrons. The maximum atomic E-state index is 12.1. The lowest BCUT2D eigenvalue weighted by Gasteiger charge is -2.31. The summed E-state index contributed by atoms with van der Waals surface area (Å²) in [6, 6.07) is 28.2. The van der Waals surface area contributed by atoms with Crippen molar-refractivity contribution in [3.05, 3.63) is 78.9 Å². The van der Waals surface area contributed by atoms with E-state index < -0.39 is 42.1 Å². The number of benzene rings is 3. The molecule has 3 rings (SSSR count). The molecule has 0 bridgehead atoms. The van der Waals surface area contributed by atoms with Crippen molar-refractivity contribution in [2.45, 2.75) is 63.6 Å². The summed E-state index contributed by atoms with van der Waals surface area (Å²) in [6.07, 6.45) is 4.48. The summed E-state index contributed by atoms with van der Waals surface area (Å²) in [4.78, 5) is 0. The fraction of sp³-hybridized carbons (Fsp3) is 0.400. The van der Waals surface area contributed by atoms with Crippen LogP contribution in [0.1, 0.15) is 46.5 Å². The molecule has 0 saturated heterocycles. The summed E-state index contributed by atoms with van der Waals surface area (Å²) in [7, 11) is -7.93. The molecule has 43 heavy (non-hydrogen) atoms. The first-order valence-corrected chi connectivity index (χ1v) is 16.4. The number of unbranched alkanes of at least 4 members (excludes halogenated alkanes) is 2. The lowest BCUT2D eigenvalue weighted by molar-refractivity contribution is -0.273. The second-order valence-electron chi connectivity index (χ2n) is 9.63. The van der Waals surface area contributed by atoms with Crippen molar-refractivity contribution >= 4 is 34.0 Å². The van der Waals surface area contributed by atoms with E-state index in [9.17, 15) is 39.3 Å². The second-order valence-corrected chi connectivity index (χ2v) is 13.5. The molecule has 0 unspecified atom stereocenters. The van der Waals surface area contributed by atoms with E-state index in [1.165, 1.54) is 15.9 Å². The summed E-state index contributed by atoms with van der Waals surface area (Å²) in [5.74, 6) is -9.67. The van der Waals surface area contributed by atoms with E-state index in [1.807, 2.05) is 0 Å². The third-order valence-electron chi connectivity index (χ3n) is 6.11. The summed E-state index contributed by atoms with van der Waals surface area (Å²) >= 11 is 0. The molecule has 13 heteroatoms. The number of halogens is 6. The third kappa shape index (κ3) is 9.84. The van der Waals surface area contributed by atoms with Crippen molar-refractivity contribution in [3.8, 4) is 11.5 Å². The predicted molar refractivity (Wildman–Crippen MR) is 158 cm³/mol. The Morgan fingerprint density at radius 1 is 0.674 bits per heavy atom. The first kappa shape index (κ1) is 36.4. The molecule has 0 spiro atoms. The van der Waals surface area contributed by atoms with E-state index in [1.54, 1.807) is 0 Å². The van der Waals surface area contributed by atoms with Crippen LogP contribution in [0.4, 0.5) is 26.3 Å². The lowest BCUT2D eigenvalue weighted by Crippen LogP contribution is -2.56. The molecule has 3 aromatic rings. The van der Waals surface area contributed by atoms with Gasteiger partial charge in [-0.3, -0.25) is 0 Å². The molecule has 0 amide bonds. The third-order valence-corrected chi connectivity index (χ3v) is 9.73. The Morgan fingerprint density at radius 3 is 1.35 bits per heavy atom. The van der Waals surface area contributed by atoms with Gasteiger partial charge in [-0.2, -0.15) is 26.3 Å². The first-order chi connectivity index (χ1) is 20.1. The monoisotopic (exact) mass is 652 g/mol. The zero-order chi connectivity index (χ0) is 32.3. The van der Waals surface area contributed by atoms with Crippen LogP contribution in [0, 0.1) is 0 Å². The smallest absolute Gasteiger partial charge is 0.402 e. The minimum atomic E-state index is -6.86. The minimum Gasteiger partial charge on any atom is -0.743 e. The van der Waals surface area contributed by atoms with E-state index in [2.05, 4.69) is 92.7 Å². The molecule has 0 atom stereocenters. The van der Waals surface area contributed by atoms with Crippen molar-refractivity contribution < 1.29 is 48.8 Å². The van der Waals surface area contributed by atoms with Crippen molar-refractivity contribution in [2.75, 3.05) is 13.2 Å². The first-order valence-electron chi connectivity index (χ1n) is 13.5. The van der Waals surface area contributed by atoms with E-state index in [-0.39, 0.29) is 0 Å². The molecular weight excluding hydrogens is 617 g/mol. The quantitative estimate of drug-likeness (QED) is 0.0816. The van der Waals surface area contributed by atoms with Crippen LogP contribution in [0.15, 0.2) is 78.9 Å². The SMILES string of the molecule is CC(F)(F)C(F)(F)C(F)(F)S(=O)(=O)[O-].CCCCOc1ccc([PH+](c2ccccc2)c2ccc(OCCCC)cc2)cc1. The Balaban J connectivity index is 0.000000391. The van der Waals surface area contributed by atoms with Crippen LogP contribution in [0.25, 0.3) is 0 Å². The van der Waals surface area contributed by atoms with Gasteiger partial charge in [0, 0.05) is 6.92 Å². The van der Waals surface area contributed by atoms with Gasteiger partial charge < -0.3 is 14.0 Å². The van der Waals surface area contributed by atoms with Crippen LogP contribution < -0.4 is 25.4 Å². The number of ether oxygens (including phenoxy) is 2. The lowest BCUT2D eigenvalue weighted by atomic mass is 10.2. The molecule has 238 valence electrons. The Morgan fingerprint density at radius 2 is 1.05 bits per heavy atom. The summed E-state index contributed by atoms with van der Waals surface area (Å²) in [5.41, 5.74) is 0. The van der Waals surface area contributed by atoms with Gasteiger partial charge in [-0.1, -0.05) is 44.9 Å². The van der Waals surface area contributed by atoms with Gasteiger partial charge in [0.15, 0.2) is 10.1 Å². The highest BCUT2D eigenvalue weighted by Gasteiger charge is 2.72. The van der Waals surface area contributed by atoms with Crippen LogP contribution >= 0.6 is 7.92 Å². The Hall–Kier alpha value is -2.82. The Labute approximate surface area is 249 Å². The predicted octanol–water partition coefficient (Wildman–Crippen LogP) is 6.95. The molecule has 0 aromatic heterocycles. The van der Waals surface area contributed by atoms with Gasteiger partial charge >= 0.3 is 17.1 Å². The fourth-order valence-corrected chi connectivity index (χ4v) is 6.64. The molecule has 0 aliphatic heterocycles. The zero-order valence-electron chi connectivity index (χ0n) is 24.0. The summed E-state index contributed by atoms with van der Waals surface area (Å²) < 4.78 is 113.